The third kappa shape index (κ3) is 4.17. The average molecular weight is 410 g/mol. The second kappa shape index (κ2) is 8.53. The van der Waals surface area contributed by atoms with E-state index in [1.54, 1.807) is 0 Å². The number of aromatic nitrogens is 1. The molecule has 0 bridgehead atoms. The Hall–Kier alpha value is -2.15. The molecule has 1 amide bonds. The van der Waals surface area contributed by atoms with Crippen molar-refractivity contribution in [2.45, 2.75) is 24.9 Å². The summed E-state index contributed by atoms with van der Waals surface area (Å²) in [5.74, 6) is 0.673. The smallest absolute Gasteiger partial charge is 0.253 e. The van der Waals surface area contributed by atoms with E-state index in [1.807, 2.05) is 58.3 Å². The molecule has 1 aromatic carbocycles. The zero-order valence-electron chi connectivity index (χ0n) is 17.5. The lowest BCUT2D eigenvalue weighted by Crippen LogP contribution is -2.50. The average Bonchev–Trinajstić information content (AvgIpc) is 3.45. The molecule has 5 rings (SSSR count). The topological polar surface area (TPSA) is 46.9 Å². The van der Waals surface area contributed by atoms with Crippen molar-refractivity contribution in [1.29, 1.82) is 0 Å². The molecule has 1 aromatic heterocycles. The SMILES string of the molecule is O=C(c1ccc(-n2cccc2)cc1)N1CCC[C@@]2(C[C@H](CN3CCOCC3)CO2)C1. The van der Waals surface area contributed by atoms with Crippen LogP contribution >= 0.6 is 0 Å². The Labute approximate surface area is 178 Å². The number of nitrogens with zero attached hydrogens (tertiary/aromatic N) is 3. The van der Waals surface area contributed by atoms with Crippen LogP contribution in [0.4, 0.5) is 0 Å². The molecule has 6 nitrogen and oxygen atoms in total. The van der Waals surface area contributed by atoms with Gasteiger partial charge in [-0.05, 0) is 61.6 Å². The fourth-order valence-electron chi connectivity index (χ4n) is 5.23. The minimum atomic E-state index is -0.157. The van der Waals surface area contributed by atoms with Crippen molar-refractivity contribution >= 4 is 5.91 Å². The first-order chi connectivity index (χ1) is 14.7. The van der Waals surface area contributed by atoms with Gasteiger partial charge in [-0.25, -0.2) is 0 Å². The molecule has 160 valence electrons. The van der Waals surface area contributed by atoms with Gasteiger partial charge in [0.25, 0.3) is 5.91 Å². The molecule has 2 atom stereocenters. The number of rotatable bonds is 4. The molecule has 6 heteroatoms. The minimum absolute atomic E-state index is 0.119. The molecule has 0 radical (unpaired) electrons. The van der Waals surface area contributed by atoms with Crippen LogP contribution in [-0.2, 0) is 9.47 Å². The predicted molar refractivity (Wildman–Crippen MR) is 115 cm³/mol. The van der Waals surface area contributed by atoms with Gasteiger partial charge in [0.15, 0.2) is 0 Å². The summed E-state index contributed by atoms with van der Waals surface area (Å²) < 4.78 is 13.9. The molecular formula is C24H31N3O3. The van der Waals surface area contributed by atoms with Crippen LogP contribution in [0.3, 0.4) is 0 Å². The van der Waals surface area contributed by atoms with Crippen LogP contribution in [0.5, 0.6) is 0 Å². The summed E-state index contributed by atoms with van der Waals surface area (Å²) in [5.41, 5.74) is 1.67. The van der Waals surface area contributed by atoms with Gasteiger partial charge in [-0.3, -0.25) is 9.69 Å². The van der Waals surface area contributed by atoms with E-state index in [1.165, 1.54) is 0 Å². The minimum Gasteiger partial charge on any atom is -0.379 e. The Bertz CT molecular complexity index is 845. The van der Waals surface area contributed by atoms with E-state index in [9.17, 15) is 4.79 Å². The molecule has 2 aromatic rings. The first kappa shape index (κ1) is 19.8. The third-order valence-electron chi connectivity index (χ3n) is 6.75. The molecule has 3 saturated heterocycles. The number of amides is 1. The summed E-state index contributed by atoms with van der Waals surface area (Å²) in [6, 6.07) is 11.9. The van der Waals surface area contributed by atoms with E-state index in [0.717, 1.165) is 76.5 Å². The number of carbonyl (C=O) groups excluding carboxylic acids is 1. The van der Waals surface area contributed by atoms with E-state index in [0.29, 0.717) is 12.5 Å². The van der Waals surface area contributed by atoms with Crippen LogP contribution < -0.4 is 0 Å². The third-order valence-corrected chi connectivity index (χ3v) is 6.75. The van der Waals surface area contributed by atoms with Crippen molar-refractivity contribution < 1.29 is 14.3 Å². The maximum atomic E-state index is 13.2. The second-order valence-corrected chi connectivity index (χ2v) is 8.94. The van der Waals surface area contributed by atoms with Gasteiger partial charge in [-0.2, -0.15) is 0 Å². The highest BCUT2D eigenvalue weighted by Crippen LogP contribution is 2.38. The fourth-order valence-corrected chi connectivity index (χ4v) is 5.23. The fraction of sp³-hybridized carbons (Fsp3) is 0.542. The lowest BCUT2D eigenvalue weighted by atomic mass is 9.86. The van der Waals surface area contributed by atoms with Crippen LogP contribution in [0, 0.1) is 5.92 Å². The molecule has 0 unspecified atom stereocenters. The molecule has 4 heterocycles. The van der Waals surface area contributed by atoms with Gasteiger partial charge in [-0.1, -0.05) is 0 Å². The maximum absolute atomic E-state index is 13.2. The first-order valence-corrected chi connectivity index (χ1v) is 11.2. The van der Waals surface area contributed by atoms with Gasteiger partial charge in [0.1, 0.15) is 0 Å². The molecule has 0 N–H and O–H groups in total. The van der Waals surface area contributed by atoms with Crippen molar-refractivity contribution in [3.05, 3.63) is 54.4 Å². The van der Waals surface area contributed by atoms with Crippen LogP contribution in [0.2, 0.25) is 0 Å². The molecule has 3 aliphatic heterocycles. The van der Waals surface area contributed by atoms with E-state index < -0.39 is 0 Å². The predicted octanol–water partition coefficient (Wildman–Crippen LogP) is 2.82. The first-order valence-electron chi connectivity index (χ1n) is 11.2. The van der Waals surface area contributed by atoms with Crippen molar-refractivity contribution in [3.8, 4) is 5.69 Å². The number of carbonyl (C=O) groups is 1. The maximum Gasteiger partial charge on any atom is 0.253 e. The number of benzene rings is 1. The van der Waals surface area contributed by atoms with Gasteiger partial charge in [0.05, 0.1) is 25.4 Å². The molecule has 30 heavy (non-hydrogen) atoms. The second-order valence-electron chi connectivity index (χ2n) is 8.94. The Morgan fingerprint density at radius 3 is 2.60 bits per heavy atom. The summed E-state index contributed by atoms with van der Waals surface area (Å²) in [6.07, 6.45) is 7.15. The molecule has 3 fully saturated rings. The molecular weight excluding hydrogens is 378 g/mol. The number of likely N-dealkylation sites (tertiary alicyclic amines) is 1. The highest BCUT2D eigenvalue weighted by Gasteiger charge is 2.44. The van der Waals surface area contributed by atoms with Crippen LogP contribution in [0.15, 0.2) is 48.8 Å². The summed E-state index contributed by atoms with van der Waals surface area (Å²) in [7, 11) is 0. The van der Waals surface area contributed by atoms with E-state index in [2.05, 4.69) is 4.90 Å². The summed E-state index contributed by atoms with van der Waals surface area (Å²) in [5, 5.41) is 0. The number of ether oxygens (including phenoxy) is 2. The van der Waals surface area contributed by atoms with E-state index in [-0.39, 0.29) is 11.5 Å². The lowest BCUT2D eigenvalue weighted by Gasteiger charge is -2.40. The number of morpholine rings is 1. The van der Waals surface area contributed by atoms with E-state index in [4.69, 9.17) is 9.47 Å². The Morgan fingerprint density at radius 1 is 1.07 bits per heavy atom. The van der Waals surface area contributed by atoms with Gasteiger partial charge in [0, 0.05) is 56.4 Å². The normalized spacial score (nSPS) is 27.6. The number of hydrogen-bond donors (Lipinski definition) is 0. The monoisotopic (exact) mass is 409 g/mol. The molecule has 0 saturated carbocycles. The van der Waals surface area contributed by atoms with Crippen molar-refractivity contribution in [2.75, 3.05) is 52.5 Å². The van der Waals surface area contributed by atoms with Crippen LogP contribution in [0.25, 0.3) is 5.69 Å². The van der Waals surface area contributed by atoms with Gasteiger partial charge >= 0.3 is 0 Å². The Morgan fingerprint density at radius 2 is 1.83 bits per heavy atom. The van der Waals surface area contributed by atoms with Crippen LogP contribution in [-0.4, -0.2) is 78.4 Å². The number of hydrogen-bond acceptors (Lipinski definition) is 4. The van der Waals surface area contributed by atoms with E-state index >= 15 is 0 Å². The number of piperidine rings is 1. The van der Waals surface area contributed by atoms with Crippen LogP contribution in [0.1, 0.15) is 29.6 Å². The highest BCUT2D eigenvalue weighted by molar-refractivity contribution is 5.94. The molecule has 3 aliphatic rings. The summed E-state index contributed by atoms with van der Waals surface area (Å²) in [4.78, 5) is 17.7. The molecule has 1 spiro atoms. The van der Waals surface area contributed by atoms with Crippen molar-refractivity contribution in [1.82, 2.24) is 14.4 Å². The van der Waals surface area contributed by atoms with Gasteiger partial charge in [-0.15, -0.1) is 0 Å². The van der Waals surface area contributed by atoms with Gasteiger partial charge < -0.3 is 18.9 Å². The van der Waals surface area contributed by atoms with Gasteiger partial charge in [0.2, 0.25) is 0 Å². The summed E-state index contributed by atoms with van der Waals surface area (Å²) in [6.45, 7) is 7.14. The van der Waals surface area contributed by atoms with Crippen molar-refractivity contribution in [3.63, 3.8) is 0 Å². The van der Waals surface area contributed by atoms with Crippen molar-refractivity contribution in [2.24, 2.45) is 5.92 Å². The zero-order valence-corrected chi connectivity index (χ0v) is 17.5. The highest BCUT2D eigenvalue weighted by atomic mass is 16.5. The molecule has 0 aliphatic carbocycles. The quantitative estimate of drug-likeness (QED) is 0.779. The lowest BCUT2D eigenvalue weighted by molar-refractivity contribution is -0.0451. The Kier molecular flexibility index (Phi) is 5.63. The summed E-state index contributed by atoms with van der Waals surface area (Å²) >= 11 is 0. The Balaban J connectivity index is 1.21. The largest absolute Gasteiger partial charge is 0.379 e. The zero-order chi connectivity index (χ0) is 20.4. The standard InChI is InChI=1S/C24H31N3O3/c28-23(21-4-6-22(7-5-21)26-9-1-2-10-26)27-11-3-8-24(19-27)16-20(18-30-24)17-25-12-14-29-15-13-25/h1-2,4-7,9-10,20H,3,8,11-19H2/t20-,24-/m1/s1.